The van der Waals surface area contributed by atoms with Crippen molar-refractivity contribution in [2.75, 3.05) is 12.4 Å². The van der Waals surface area contributed by atoms with E-state index in [2.05, 4.69) is 44.0 Å². The lowest BCUT2D eigenvalue weighted by atomic mass is 10.1. The second-order valence-corrected chi connectivity index (χ2v) is 5.95. The highest BCUT2D eigenvalue weighted by molar-refractivity contribution is 9.10. The van der Waals surface area contributed by atoms with Gasteiger partial charge in [-0.3, -0.25) is 4.79 Å². The van der Waals surface area contributed by atoms with Crippen LogP contribution in [0, 0.1) is 0 Å². The summed E-state index contributed by atoms with van der Waals surface area (Å²) in [7, 11) is 1.38. The van der Waals surface area contributed by atoms with E-state index in [1.165, 1.54) is 24.0 Å². The molecule has 0 atom stereocenters. The molecule has 6 heteroatoms. The maximum atomic E-state index is 11.2. The molecule has 0 aliphatic rings. The third-order valence-electron chi connectivity index (χ3n) is 2.79. The summed E-state index contributed by atoms with van der Waals surface area (Å²) >= 11 is 4.95. The van der Waals surface area contributed by atoms with Crippen molar-refractivity contribution in [2.24, 2.45) is 0 Å². The number of carbonyl (C=O) groups is 1. The van der Waals surface area contributed by atoms with Gasteiger partial charge in [-0.25, -0.2) is 4.98 Å². The average Bonchev–Trinajstić information content (AvgIpc) is 2.87. The third kappa shape index (κ3) is 3.80. The van der Waals surface area contributed by atoms with Crippen LogP contribution < -0.4 is 5.32 Å². The van der Waals surface area contributed by atoms with Crippen molar-refractivity contribution in [3.05, 3.63) is 39.3 Å². The Morgan fingerprint density at radius 3 is 3.00 bits per heavy atom. The predicted octanol–water partition coefficient (Wildman–Crippen LogP) is 3.93. The van der Waals surface area contributed by atoms with Crippen LogP contribution in [0.2, 0.25) is 0 Å². The Morgan fingerprint density at radius 1 is 1.50 bits per heavy atom. The zero-order chi connectivity index (χ0) is 14.5. The number of ether oxygens (including phenoxy) is 1. The molecule has 0 fully saturated rings. The van der Waals surface area contributed by atoms with Gasteiger partial charge in [0.1, 0.15) is 0 Å². The summed E-state index contributed by atoms with van der Waals surface area (Å²) in [6, 6.07) is 6.10. The smallest absolute Gasteiger partial charge is 0.311 e. The molecule has 0 amide bonds. The minimum absolute atomic E-state index is 0.204. The van der Waals surface area contributed by atoms with Gasteiger partial charge in [0, 0.05) is 15.5 Å². The van der Waals surface area contributed by atoms with Gasteiger partial charge in [-0.1, -0.05) is 22.9 Å². The van der Waals surface area contributed by atoms with Crippen molar-refractivity contribution < 1.29 is 9.53 Å². The van der Waals surface area contributed by atoms with Gasteiger partial charge in [0.2, 0.25) is 0 Å². The number of anilines is 2. The topological polar surface area (TPSA) is 51.2 Å². The Bertz CT molecular complexity index is 613. The molecule has 1 N–H and O–H groups in total. The van der Waals surface area contributed by atoms with Gasteiger partial charge in [-0.2, -0.15) is 0 Å². The average molecular weight is 355 g/mol. The van der Waals surface area contributed by atoms with Crippen LogP contribution in [0.5, 0.6) is 0 Å². The lowest BCUT2D eigenvalue weighted by Crippen LogP contribution is -2.04. The van der Waals surface area contributed by atoms with Crippen molar-refractivity contribution in [1.82, 2.24) is 4.98 Å². The Morgan fingerprint density at radius 2 is 2.30 bits per heavy atom. The fourth-order valence-electron chi connectivity index (χ4n) is 1.76. The van der Waals surface area contributed by atoms with Crippen LogP contribution in [0.1, 0.15) is 18.2 Å². The van der Waals surface area contributed by atoms with E-state index in [1.54, 1.807) is 0 Å². The van der Waals surface area contributed by atoms with Crippen LogP contribution in [0.4, 0.5) is 10.8 Å². The number of aromatic nitrogens is 1. The molecule has 0 spiro atoms. The molecule has 0 saturated heterocycles. The number of hydrogen-bond acceptors (Lipinski definition) is 5. The Kier molecular flexibility index (Phi) is 5.14. The summed E-state index contributed by atoms with van der Waals surface area (Å²) in [4.78, 5) is 15.6. The summed E-state index contributed by atoms with van der Waals surface area (Å²) in [5.74, 6) is -0.278. The molecule has 0 radical (unpaired) electrons. The van der Waals surface area contributed by atoms with Gasteiger partial charge in [0.15, 0.2) is 5.13 Å². The molecular formula is C14H15BrN2O2S. The molecule has 0 aliphatic heterocycles. The van der Waals surface area contributed by atoms with Crippen molar-refractivity contribution in [3.63, 3.8) is 0 Å². The van der Waals surface area contributed by atoms with E-state index in [-0.39, 0.29) is 12.4 Å². The zero-order valence-corrected chi connectivity index (χ0v) is 13.7. The molecule has 0 aliphatic carbocycles. The van der Waals surface area contributed by atoms with E-state index < -0.39 is 0 Å². The number of rotatable bonds is 5. The highest BCUT2D eigenvalue weighted by Crippen LogP contribution is 2.26. The number of nitrogens with zero attached hydrogens (tertiary/aromatic N) is 1. The lowest BCUT2D eigenvalue weighted by Gasteiger charge is -2.08. The van der Waals surface area contributed by atoms with Crippen LogP contribution >= 0.6 is 27.3 Å². The van der Waals surface area contributed by atoms with E-state index in [1.807, 2.05) is 17.5 Å². The highest BCUT2D eigenvalue weighted by atomic mass is 79.9. The second kappa shape index (κ2) is 6.85. The van der Waals surface area contributed by atoms with Crippen molar-refractivity contribution >= 4 is 44.1 Å². The van der Waals surface area contributed by atoms with E-state index in [0.29, 0.717) is 0 Å². The van der Waals surface area contributed by atoms with Crippen LogP contribution in [0.15, 0.2) is 28.1 Å². The Hall–Kier alpha value is -1.40. The quantitative estimate of drug-likeness (QED) is 0.826. The summed E-state index contributed by atoms with van der Waals surface area (Å²) in [5.41, 5.74) is 2.97. The number of carbonyl (C=O) groups excluding carboxylic acids is 1. The number of aryl methyl sites for hydroxylation is 1. The largest absolute Gasteiger partial charge is 0.469 e. The Labute approximate surface area is 130 Å². The molecule has 106 valence electrons. The zero-order valence-electron chi connectivity index (χ0n) is 11.3. The molecule has 20 heavy (non-hydrogen) atoms. The number of halogens is 1. The first-order valence-corrected chi connectivity index (χ1v) is 7.86. The number of thiazole rings is 1. The first-order chi connectivity index (χ1) is 9.62. The third-order valence-corrected chi connectivity index (χ3v) is 4.09. The summed E-state index contributed by atoms with van der Waals surface area (Å²) < 4.78 is 5.69. The van der Waals surface area contributed by atoms with Crippen LogP contribution in [0.3, 0.4) is 0 Å². The van der Waals surface area contributed by atoms with E-state index in [9.17, 15) is 4.79 Å². The van der Waals surface area contributed by atoms with Gasteiger partial charge in [-0.05, 0) is 30.2 Å². The number of hydrogen-bond donors (Lipinski definition) is 1. The van der Waals surface area contributed by atoms with Gasteiger partial charge < -0.3 is 10.1 Å². The molecule has 1 heterocycles. The van der Waals surface area contributed by atoms with Crippen molar-refractivity contribution in [3.8, 4) is 0 Å². The monoisotopic (exact) mass is 354 g/mol. The van der Waals surface area contributed by atoms with Crippen molar-refractivity contribution in [1.29, 1.82) is 0 Å². The maximum Gasteiger partial charge on any atom is 0.311 e. The fraction of sp³-hybridized carbons (Fsp3) is 0.286. The minimum Gasteiger partial charge on any atom is -0.469 e. The normalized spacial score (nSPS) is 10.3. The van der Waals surface area contributed by atoms with Gasteiger partial charge in [0.05, 0.1) is 19.2 Å². The fourth-order valence-corrected chi connectivity index (χ4v) is 2.89. The molecule has 4 nitrogen and oxygen atoms in total. The number of benzene rings is 1. The summed E-state index contributed by atoms with van der Waals surface area (Å²) in [5, 5.41) is 5.94. The number of nitrogens with one attached hydrogen (secondary N) is 1. The van der Waals surface area contributed by atoms with Crippen LogP contribution in [-0.4, -0.2) is 18.1 Å². The lowest BCUT2D eigenvalue weighted by molar-refractivity contribution is -0.139. The maximum absolute atomic E-state index is 11.2. The summed E-state index contributed by atoms with van der Waals surface area (Å²) in [6.07, 6.45) is 1.14. The van der Waals surface area contributed by atoms with Crippen LogP contribution in [0.25, 0.3) is 0 Å². The molecule has 2 rings (SSSR count). The molecule has 0 saturated carbocycles. The highest BCUT2D eigenvalue weighted by Gasteiger charge is 2.09. The van der Waals surface area contributed by atoms with Gasteiger partial charge >= 0.3 is 5.97 Å². The van der Waals surface area contributed by atoms with E-state index >= 15 is 0 Å². The Balaban J connectivity index is 2.12. The van der Waals surface area contributed by atoms with Crippen LogP contribution in [-0.2, 0) is 22.4 Å². The standard InChI is InChI=1S/C14H15BrN2O2S/c1-3-9-6-10(15)4-5-12(9)17-14-16-11(8-20-14)7-13(18)19-2/h4-6,8H,3,7H2,1-2H3,(H,16,17). The number of methoxy groups -OCH3 is 1. The predicted molar refractivity (Wildman–Crippen MR) is 84.6 cm³/mol. The molecule has 0 unspecified atom stereocenters. The first kappa shape index (κ1) is 15.0. The number of esters is 1. The van der Waals surface area contributed by atoms with Crippen molar-refractivity contribution in [2.45, 2.75) is 19.8 Å². The van der Waals surface area contributed by atoms with Gasteiger partial charge in [-0.15, -0.1) is 11.3 Å². The second-order valence-electron chi connectivity index (χ2n) is 4.18. The molecular weight excluding hydrogens is 340 g/mol. The SMILES string of the molecule is CCc1cc(Br)ccc1Nc1nc(CC(=O)OC)cs1. The van der Waals surface area contributed by atoms with Gasteiger partial charge in [0.25, 0.3) is 0 Å². The molecule has 0 bridgehead atoms. The molecule has 1 aromatic heterocycles. The minimum atomic E-state index is -0.278. The molecule has 2 aromatic rings. The molecule has 1 aromatic carbocycles. The summed E-state index contributed by atoms with van der Waals surface area (Å²) in [6.45, 7) is 2.11. The first-order valence-electron chi connectivity index (χ1n) is 6.19. The van der Waals surface area contributed by atoms with E-state index in [4.69, 9.17) is 0 Å². The van der Waals surface area contributed by atoms with E-state index in [0.717, 1.165) is 27.4 Å².